The van der Waals surface area contributed by atoms with Crippen LogP contribution in [0.25, 0.3) is 0 Å². The Morgan fingerprint density at radius 3 is 2.94 bits per heavy atom. The first kappa shape index (κ1) is 25.1. The highest BCUT2D eigenvalue weighted by Crippen LogP contribution is 2.34. The van der Waals surface area contributed by atoms with E-state index in [0.29, 0.717) is 29.8 Å². The lowest BCUT2D eigenvalue weighted by Gasteiger charge is -2.27. The Bertz CT molecular complexity index is 1110. The van der Waals surface area contributed by atoms with Gasteiger partial charge >= 0.3 is 5.97 Å². The van der Waals surface area contributed by atoms with Crippen LogP contribution in [0.1, 0.15) is 35.7 Å². The second kappa shape index (κ2) is 11.6. The number of hydrogen-bond acceptors (Lipinski definition) is 6. The Hall–Kier alpha value is -3.00. The molecule has 2 aromatic rings. The number of nitrogens with one attached hydrogen (secondary N) is 1. The summed E-state index contributed by atoms with van der Waals surface area (Å²) in [5, 5.41) is 23.3. The van der Waals surface area contributed by atoms with Crippen LogP contribution >= 0.6 is 11.6 Å². The standard InChI is InChI=1S/C27H30ClNO6/c1-17-4-2-3-5-24(17)33-16-20(30)14-29-15-22-8-6-18-12-21(9-11-25(18)35-22)34-26-10-7-19(28)13-23(26)27(31)32/h2-3,5,7,9-13,17,20,22,29-30H,4,6,8,14-16H2,1H3,(H,31,32)/t17?,20-,22+/m0/s1. The molecule has 3 N–H and O–H groups in total. The van der Waals surface area contributed by atoms with Crippen LogP contribution in [0.4, 0.5) is 0 Å². The third kappa shape index (κ3) is 6.78. The van der Waals surface area contributed by atoms with Crippen LogP contribution in [0.3, 0.4) is 0 Å². The molecule has 0 saturated heterocycles. The molecular weight excluding hydrogens is 470 g/mol. The number of halogens is 1. The van der Waals surface area contributed by atoms with Crippen molar-refractivity contribution in [3.8, 4) is 17.2 Å². The molecule has 8 heteroatoms. The Morgan fingerprint density at radius 2 is 2.14 bits per heavy atom. The Morgan fingerprint density at radius 1 is 1.29 bits per heavy atom. The average molecular weight is 500 g/mol. The summed E-state index contributed by atoms with van der Waals surface area (Å²) in [7, 11) is 0. The fraction of sp³-hybridized carbons (Fsp3) is 0.370. The van der Waals surface area contributed by atoms with E-state index in [-0.39, 0.29) is 24.0 Å². The van der Waals surface area contributed by atoms with Crippen LogP contribution in [-0.4, -0.2) is 48.1 Å². The Kier molecular flexibility index (Phi) is 8.33. The SMILES string of the molecule is CC1CC=CC=C1OC[C@@H](O)CNC[C@H]1CCc2cc(Oc3ccc(Cl)cc3C(=O)O)ccc2O1. The van der Waals surface area contributed by atoms with Crippen LogP contribution in [0.2, 0.25) is 5.02 Å². The van der Waals surface area contributed by atoms with Gasteiger partial charge in [0, 0.05) is 24.0 Å². The van der Waals surface area contributed by atoms with Crippen molar-refractivity contribution in [2.45, 2.75) is 38.4 Å². The molecule has 186 valence electrons. The lowest BCUT2D eigenvalue weighted by molar-refractivity contribution is 0.0587. The van der Waals surface area contributed by atoms with Gasteiger partial charge in [-0.3, -0.25) is 0 Å². The molecule has 4 rings (SSSR count). The van der Waals surface area contributed by atoms with E-state index in [9.17, 15) is 15.0 Å². The van der Waals surface area contributed by atoms with Crippen LogP contribution in [0.5, 0.6) is 17.2 Å². The number of aryl methyl sites for hydroxylation is 1. The molecule has 0 saturated carbocycles. The van der Waals surface area contributed by atoms with Crippen molar-refractivity contribution in [3.63, 3.8) is 0 Å². The summed E-state index contributed by atoms with van der Waals surface area (Å²) in [4.78, 5) is 11.5. The van der Waals surface area contributed by atoms with Gasteiger partial charge in [-0.05, 0) is 67.3 Å². The first-order chi connectivity index (χ1) is 16.9. The van der Waals surface area contributed by atoms with Crippen LogP contribution < -0.4 is 14.8 Å². The molecule has 1 heterocycles. The predicted octanol–water partition coefficient (Wildman–Crippen LogP) is 4.97. The normalized spacial score (nSPS) is 19.8. The van der Waals surface area contributed by atoms with Crippen molar-refractivity contribution in [1.29, 1.82) is 0 Å². The number of hydrogen-bond donors (Lipinski definition) is 3. The van der Waals surface area contributed by atoms with Crippen molar-refractivity contribution in [2.24, 2.45) is 5.92 Å². The Balaban J connectivity index is 1.25. The van der Waals surface area contributed by atoms with Gasteiger partial charge < -0.3 is 29.7 Å². The number of fused-ring (bicyclic) bond motifs is 1. The van der Waals surface area contributed by atoms with Crippen molar-refractivity contribution >= 4 is 17.6 Å². The molecule has 2 aliphatic rings. The maximum Gasteiger partial charge on any atom is 0.339 e. The third-order valence-corrected chi connectivity index (χ3v) is 6.26. The summed E-state index contributed by atoms with van der Waals surface area (Å²) >= 11 is 5.91. The molecular formula is C27H30ClNO6. The van der Waals surface area contributed by atoms with Gasteiger partial charge in [0.1, 0.15) is 41.6 Å². The van der Waals surface area contributed by atoms with Crippen molar-refractivity contribution in [2.75, 3.05) is 19.7 Å². The zero-order valence-corrected chi connectivity index (χ0v) is 20.3. The topological polar surface area (TPSA) is 97.2 Å². The molecule has 35 heavy (non-hydrogen) atoms. The number of carboxylic acid groups (broad SMARTS) is 1. The zero-order valence-electron chi connectivity index (χ0n) is 19.6. The molecule has 1 aliphatic carbocycles. The van der Waals surface area contributed by atoms with Gasteiger partial charge in [0.2, 0.25) is 0 Å². The van der Waals surface area contributed by atoms with E-state index in [1.165, 1.54) is 6.07 Å². The first-order valence-corrected chi connectivity index (χ1v) is 12.2. The highest BCUT2D eigenvalue weighted by molar-refractivity contribution is 6.31. The van der Waals surface area contributed by atoms with Crippen LogP contribution in [0, 0.1) is 5.92 Å². The number of carbonyl (C=O) groups is 1. The number of benzene rings is 2. The number of aliphatic hydroxyl groups excluding tert-OH is 1. The largest absolute Gasteiger partial charge is 0.495 e. The van der Waals surface area contributed by atoms with Gasteiger partial charge in [0.15, 0.2) is 0 Å². The van der Waals surface area contributed by atoms with Crippen LogP contribution in [0.15, 0.2) is 60.4 Å². The first-order valence-electron chi connectivity index (χ1n) is 11.8. The van der Waals surface area contributed by atoms with Crippen LogP contribution in [-0.2, 0) is 11.2 Å². The van der Waals surface area contributed by atoms with E-state index >= 15 is 0 Å². The van der Waals surface area contributed by atoms with E-state index in [0.717, 1.165) is 36.3 Å². The number of carboxylic acids is 1. The Labute approximate surface area is 210 Å². The van der Waals surface area contributed by atoms with Gasteiger partial charge in [-0.1, -0.05) is 30.7 Å². The molecule has 0 aromatic heterocycles. The van der Waals surface area contributed by atoms with Gasteiger partial charge in [0.05, 0.1) is 5.76 Å². The molecule has 0 spiro atoms. The molecule has 1 aliphatic heterocycles. The maximum atomic E-state index is 11.5. The molecule has 7 nitrogen and oxygen atoms in total. The number of allylic oxidation sites excluding steroid dienone is 4. The summed E-state index contributed by atoms with van der Waals surface area (Å²) in [6.07, 6.45) is 8.01. The van der Waals surface area contributed by atoms with Gasteiger partial charge in [0.25, 0.3) is 0 Å². The molecule has 0 bridgehead atoms. The maximum absolute atomic E-state index is 11.5. The smallest absolute Gasteiger partial charge is 0.339 e. The van der Waals surface area contributed by atoms with E-state index in [4.69, 9.17) is 25.8 Å². The molecule has 1 unspecified atom stereocenters. The highest BCUT2D eigenvalue weighted by Gasteiger charge is 2.21. The molecule has 0 fully saturated rings. The quantitative estimate of drug-likeness (QED) is 0.424. The number of aromatic carboxylic acids is 1. The van der Waals surface area contributed by atoms with Gasteiger partial charge in [-0.25, -0.2) is 4.79 Å². The summed E-state index contributed by atoms with van der Waals surface area (Å²) in [6.45, 7) is 3.40. The number of rotatable bonds is 10. The number of aliphatic hydroxyl groups is 1. The minimum Gasteiger partial charge on any atom is -0.495 e. The average Bonchev–Trinajstić information content (AvgIpc) is 2.84. The molecule has 3 atom stereocenters. The number of ether oxygens (including phenoxy) is 3. The lowest BCUT2D eigenvalue weighted by Crippen LogP contribution is -2.38. The molecule has 0 amide bonds. The van der Waals surface area contributed by atoms with E-state index < -0.39 is 12.1 Å². The monoisotopic (exact) mass is 499 g/mol. The second-order valence-corrected chi connectivity index (χ2v) is 9.29. The van der Waals surface area contributed by atoms with Gasteiger partial charge in [-0.2, -0.15) is 0 Å². The minimum absolute atomic E-state index is 0.00649. The zero-order chi connectivity index (χ0) is 24.8. The molecule has 0 radical (unpaired) electrons. The summed E-state index contributed by atoms with van der Waals surface area (Å²) < 4.78 is 17.7. The van der Waals surface area contributed by atoms with Gasteiger partial charge in [-0.15, -0.1) is 0 Å². The van der Waals surface area contributed by atoms with Crippen molar-refractivity contribution in [3.05, 3.63) is 76.5 Å². The fourth-order valence-electron chi connectivity index (χ4n) is 4.09. The summed E-state index contributed by atoms with van der Waals surface area (Å²) in [6, 6.07) is 9.97. The summed E-state index contributed by atoms with van der Waals surface area (Å²) in [5.41, 5.74) is 1.01. The van der Waals surface area contributed by atoms with E-state index in [1.807, 2.05) is 24.3 Å². The van der Waals surface area contributed by atoms with Crippen molar-refractivity contribution < 1.29 is 29.2 Å². The minimum atomic E-state index is -1.10. The van der Waals surface area contributed by atoms with Crippen molar-refractivity contribution in [1.82, 2.24) is 5.32 Å². The van der Waals surface area contributed by atoms with E-state index in [2.05, 4.69) is 18.3 Å². The van der Waals surface area contributed by atoms with E-state index in [1.54, 1.807) is 18.2 Å². The predicted molar refractivity (Wildman–Crippen MR) is 133 cm³/mol. The second-order valence-electron chi connectivity index (χ2n) is 8.85. The molecule has 2 aromatic carbocycles. The lowest BCUT2D eigenvalue weighted by atomic mass is 10.0. The summed E-state index contributed by atoms with van der Waals surface area (Å²) in [5.74, 6) is 1.70. The fourth-order valence-corrected chi connectivity index (χ4v) is 4.26. The highest BCUT2D eigenvalue weighted by atomic mass is 35.5. The third-order valence-electron chi connectivity index (χ3n) is 6.03.